The first kappa shape index (κ1) is 18.0. The first-order valence-electron chi connectivity index (χ1n) is 9.42. The third-order valence-electron chi connectivity index (χ3n) is 5.00. The summed E-state index contributed by atoms with van der Waals surface area (Å²) in [7, 11) is 0. The van der Waals surface area contributed by atoms with E-state index in [0.29, 0.717) is 6.54 Å². The lowest BCUT2D eigenvalue weighted by atomic mass is 9.84. The number of hydrogen-bond donors (Lipinski definition) is 2. The Morgan fingerprint density at radius 1 is 1.22 bits per heavy atom. The van der Waals surface area contributed by atoms with Crippen molar-refractivity contribution in [3.63, 3.8) is 0 Å². The maximum atomic E-state index is 13.0. The maximum absolute atomic E-state index is 13.0. The summed E-state index contributed by atoms with van der Waals surface area (Å²) in [6.07, 6.45) is 1.88. The van der Waals surface area contributed by atoms with E-state index in [4.69, 9.17) is 4.99 Å². The Morgan fingerprint density at radius 3 is 2.70 bits per heavy atom. The van der Waals surface area contributed by atoms with Gasteiger partial charge in [-0.2, -0.15) is 11.3 Å². The molecule has 0 aliphatic carbocycles. The average Bonchev–Trinajstić information content (AvgIpc) is 3.15. The molecule has 6 heteroatoms. The van der Waals surface area contributed by atoms with Crippen LogP contribution in [0.2, 0.25) is 0 Å². The largest absolute Gasteiger partial charge is 0.370 e. The van der Waals surface area contributed by atoms with Gasteiger partial charge < -0.3 is 15.5 Å². The number of aliphatic imine (C=N–C) groups is 1. The van der Waals surface area contributed by atoms with Gasteiger partial charge in [0.2, 0.25) is 0 Å². The Balaban J connectivity index is 1.71. The van der Waals surface area contributed by atoms with Crippen LogP contribution in [0.1, 0.15) is 44.0 Å². The highest BCUT2D eigenvalue weighted by molar-refractivity contribution is 7.08. The molecule has 3 heterocycles. The van der Waals surface area contributed by atoms with Gasteiger partial charge in [-0.05, 0) is 57.2 Å². The molecule has 1 atom stereocenters. The molecule has 2 N–H and O–H groups in total. The molecule has 27 heavy (non-hydrogen) atoms. The molecule has 1 amide bonds. The van der Waals surface area contributed by atoms with Gasteiger partial charge in [0.1, 0.15) is 11.4 Å². The minimum atomic E-state index is -0.383. The minimum Gasteiger partial charge on any atom is -0.370 e. The van der Waals surface area contributed by atoms with Crippen molar-refractivity contribution < 1.29 is 4.79 Å². The molecule has 2 aromatic rings. The second kappa shape index (κ2) is 6.68. The van der Waals surface area contributed by atoms with Gasteiger partial charge in [0.15, 0.2) is 0 Å². The number of fused-ring (bicyclic) bond motifs is 1. The third-order valence-corrected chi connectivity index (χ3v) is 5.69. The van der Waals surface area contributed by atoms with E-state index >= 15 is 0 Å². The highest BCUT2D eigenvalue weighted by Gasteiger charge is 2.45. The minimum absolute atomic E-state index is 0.103. The third kappa shape index (κ3) is 3.58. The summed E-state index contributed by atoms with van der Waals surface area (Å²) in [5.74, 6) is 1.03. The Morgan fingerprint density at radius 2 is 2.00 bits per heavy atom. The van der Waals surface area contributed by atoms with Crippen molar-refractivity contribution in [1.82, 2.24) is 4.90 Å². The molecule has 1 aromatic carbocycles. The number of benzene rings is 1. The summed E-state index contributed by atoms with van der Waals surface area (Å²) in [4.78, 5) is 19.9. The van der Waals surface area contributed by atoms with E-state index in [9.17, 15) is 4.79 Å². The number of likely N-dealkylation sites (tertiary alicyclic amines) is 1. The van der Waals surface area contributed by atoms with Crippen molar-refractivity contribution in [2.24, 2.45) is 4.99 Å². The SMILES string of the molecule is CC(C)(C)N=C1Nc2ccccc2N[C@@]12CCCN(C(=O)c1ccsc1)C2. The van der Waals surface area contributed by atoms with Gasteiger partial charge in [-0.15, -0.1) is 0 Å². The smallest absolute Gasteiger partial charge is 0.254 e. The molecule has 0 saturated carbocycles. The van der Waals surface area contributed by atoms with E-state index in [0.717, 1.165) is 42.2 Å². The van der Waals surface area contributed by atoms with Crippen LogP contribution in [0, 0.1) is 0 Å². The highest BCUT2D eigenvalue weighted by Crippen LogP contribution is 2.37. The molecule has 2 aliphatic heterocycles. The number of amidine groups is 1. The number of amides is 1. The zero-order valence-corrected chi connectivity index (χ0v) is 16.9. The summed E-state index contributed by atoms with van der Waals surface area (Å²) >= 11 is 1.56. The van der Waals surface area contributed by atoms with Gasteiger partial charge in [0, 0.05) is 11.9 Å². The van der Waals surface area contributed by atoms with Crippen molar-refractivity contribution in [2.75, 3.05) is 23.7 Å². The van der Waals surface area contributed by atoms with E-state index in [-0.39, 0.29) is 17.0 Å². The topological polar surface area (TPSA) is 56.7 Å². The Kier molecular flexibility index (Phi) is 4.46. The number of anilines is 2. The molecule has 1 saturated heterocycles. The molecule has 4 rings (SSSR count). The van der Waals surface area contributed by atoms with Gasteiger partial charge in [0.25, 0.3) is 5.91 Å². The lowest BCUT2D eigenvalue weighted by molar-refractivity contribution is 0.0695. The number of carbonyl (C=O) groups excluding carboxylic acids is 1. The quantitative estimate of drug-likeness (QED) is 0.766. The Labute approximate surface area is 164 Å². The highest BCUT2D eigenvalue weighted by atomic mass is 32.1. The zero-order chi connectivity index (χ0) is 19.1. The number of nitrogens with zero attached hydrogens (tertiary/aromatic N) is 2. The van der Waals surface area contributed by atoms with E-state index in [2.05, 4.69) is 43.5 Å². The molecular formula is C21H26N4OS. The molecule has 5 nitrogen and oxygen atoms in total. The number of para-hydroxylation sites is 2. The van der Waals surface area contributed by atoms with Crippen molar-refractivity contribution in [1.29, 1.82) is 0 Å². The van der Waals surface area contributed by atoms with Gasteiger partial charge in [-0.25, -0.2) is 0 Å². The monoisotopic (exact) mass is 382 g/mol. The Hall–Kier alpha value is -2.34. The predicted octanol–water partition coefficient (Wildman–Crippen LogP) is 4.46. The standard InChI is InChI=1S/C21H26N4OS/c1-20(2,3)24-19-21(23-17-8-5-4-7-16(17)22-19)10-6-11-25(14-21)18(26)15-9-12-27-13-15/h4-5,7-9,12-13,23H,6,10-11,14H2,1-3H3,(H,22,24)/t21-/m1/s1. The number of nitrogens with one attached hydrogen (secondary N) is 2. The summed E-state index contributed by atoms with van der Waals surface area (Å²) in [5.41, 5.74) is 2.28. The van der Waals surface area contributed by atoms with E-state index in [1.165, 1.54) is 0 Å². The van der Waals surface area contributed by atoms with E-state index < -0.39 is 0 Å². The molecule has 1 spiro atoms. The molecule has 0 radical (unpaired) electrons. The number of piperidine rings is 1. The van der Waals surface area contributed by atoms with Crippen LogP contribution < -0.4 is 10.6 Å². The van der Waals surface area contributed by atoms with Crippen LogP contribution in [0.5, 0.6) is 0 Å². The van der Waals surface area contributed by atoms with Gasteiger partial charge in [-0.1, -0.05) is 12.1 Å². The first-order chi connectivity index (χ1) is 12.9. The van der Waals surface area contributed by atoms with Crippen LogP contribution in [-0.4, -0.2) is 40.8 Å². The van der Waals surface area contributed by atoms with E-state index in [1.54, 1.807) is 11.3 Å². The molecular weight excluding hydrogens is 356 g/mol. The van der Waals surface area contributed by atoms with Crippen molar-refractivity contribution in [2.45, 2.75) is 44.7 Å². The fraction of sp³-hybridized carbons (Fsp3) is 0.429. The number of hydrogen-bond acceptors (Lipinski definition) is 4. The first-order valence-corrected chi connectivity index (χ1v) is 10.4. The Bertz CT molecular complexity index is 869. The van der Waals surface area contributed by atoms with Crippen LogP contribution in [0.25, 0.3) is 0 Å². The second-order valence-electron chi connectivity index (χ2n) is 8.35. The molecule has 2 aliphatic rings. The number of thiophene rings is 1. The molecule has 142 valence electrons. The predicted molar refractivity (Wildman–Crippen MR) is 113 cm³/mol. The summed E-state index contributed by atoms with van der Waals surface area (Å²) in [6.45, 7) is 7.70. The molecule has 0 unspecified atom stereocenters. The van der Waals surface area contributed by atoms with Crippen molar-refractivity contribution in [3.8, 4) is 0 Å². The second-order valence-corrected chi connectivity index (χ2v) is 9.13. The van der Waals surface area contributed by atoms with Crippen LogP contribution in [-0.2, 0) is 0 Å². The van der Waals surface area contributed by atoms with Gasteiger partial charge in [-0.3, -0.25) is 9.79 Å². The van der Waals surface area contributed by atoms with Crippen molar-refractivity contribution in [3.05, 3.63) is 46.7 Å². The van der Waals surface area contributed by atoms with Crippen LogP contribution in [0.15, 0.2) is 46.1 Å². The fourth-order valence-corrected chi connectivity index (χ4v) is 4.46. The maximum Gasteiger partial charge on any atom is 0.254 e. The van der Waals surface area contributed by atoms with Crippen LogP contribution >= 0.6 is 11.3 Å². The summed E-state index contributed by atoms with van der Waals surface area (Å²) < 4.78 is 0. The molecule has 1 aromatic heterocycles. The fourth-order valence-electron chi connectivity index (χ4n) is 3.83. The summed E-state index contributed by atoms with van der Waals surface area (Å²) in [6, 6.07) is 10.1. The lowest BCUT2D eigenvalue weighted by Crippen LogP contribution is -2.63. The molecule has 0 bridgehead atoms. The van der Waals surface area contributed by atoms with Crippen LogP contribution in [0.4, 0.5) is 11.4 Å². The van der Waals surface area contributed by atoms with Gasteiger partial charge in [0.05, 0.1) is 29.0 Å². The van der Waals surface area contributed by atoms with E-state index in [1.807, 2.05) is 33.9 Å². The number of carbonyl (C=O) groups is 1. The van der Waals surface area contributed by atoms with Crippen LogP contribution in [0.3, 0.4) is 0 Å². The zero-order valence-electron chi connectivity index (χ0n) is 16.1. The summed E-state index contributed by atoms with van der Waals surface area (Å²) in [5, 5.41) is 11.2. The number of rotatable bonds is 1. The normalized spacial score (nSPS) is 23.7. The lowest BCUT2D eigenvalue weighted by Gasteiger charge is -2.47. The average molecular weight is 383 g/mol. The van der Waals surface area contributed by atoms with Gasteiger partial charge >= 0.3 is 0 Å². The van der Waals surface area contributed by atoms with Crippen molar-refractivity contribution >= 4 is 34.5 Å². The molecule has 1 fully saturated rings.